The van der Waals surface area contributed by atoms with Gasteiger partial charge >= 0.3 is 12.1 Å². The maximum atomic E-state index is 12.7. The Morgan fingerprint density at radius 1 is 1.00 bits per heavy atom. The van der Waals surface area contributed by atoms with Crippen LogP contribution in [-0.2, 0) is 21.1 Å². The molecule has 0 amide bonds. The second kappa shape index (κ2) is 6.75. The highest BCUT2D eigenvalue weighted by Crippen LogP contribution is 2.36. The van der Waals surface area contributed by atoms with Crippen LogP contribution in [0.2, 0.25) is 0 Å². The van der Waals surface area contributed by atoms with Gasteiger partial charge in [-0.2, -0.15) is 18.4 Å². The molecule has 124 valence electrons. The molecule has 1 atom stereocenters. The number of nitrogens with zero attached hydrogens (tertiary/aromatic N) is 1. The van der Waals surface area contributed by atoms with Crippen LogP contribution in [0.25, 0.3) is 0 Å². The van der Waals surface area contributed by atoms with Gasteiger partial charge in [0.1, 0.15) is 0 Å². The molecule has 0 saturated heterocycles. The fraction of sp³-hybridized carbons (Fsp3) is 0.222. The first-order valence-electron chi connectivity index (χ1n) is 7.18. The standard InChI is InChI=1S/C18H14F3NO2/c1-2-24-16(23)17(12-22,13-6-4-3-5-7-13)14-8-10-15(11-9-14)18(19,20)21/h3-11H,2H2,1H3. The lowest BCUT2D eigenvalue weighted by Gasteiger charge is -2.25. The molecule has 0 heterocycles. The van der Waals surface area contributed by atoms with Crippen LogP contribution in [-0.4, -0.2) is 12.6 Å². The molecule has 0 bridgehead atoms. The highest BCUT2D eigenvalue weighted by Gasteiger charge is 2.44. The van der Waals surface area contributed by atoms with E-state index >= 15 is 0 Å². The maximum absolute atomic E-state index is 12.7. The fourth-order valence-corrected chi connectivity index (χ4v) is 2.41. The summed E-state index contributed by atoms with van der Waals surface area (Å²) >= 11 is 0. The predicted molar refractivity (Wildman–Crippen MR) is 80.9 cm³/mol. The highest BCUT2D eigenvalue weighted by molar-refractivity contribution is 5.91. The minimum atomic E-state index is -4.50. The molecule has 6 heteroatoms. The van der Waals surface area contributed by atoms with Gasteiger partial charge in [0.25, 0.3) is 0 Å². The lowest BCUT2D eigenvalue weighted by Crippen LogP contribution is -2.37. The van der Waals surface area contributed by atoms with E-state index in [-0.39, 0.29) is 12.2 Å². The zero-order valence-electron chi connectivity index (χ0n) is 12.8. The van der Waals surface area contributed by atoms with Gasteiger partial charge in [0.05, 0.1) is 18.2 Å². The van der Waals surface area contributed by atoms with E-state index in [1.54, 1.807) is 37.3 Å². The molecule has 0 spiro atoms. The molecule has 0 N–H and O–H groups in total. The summed E-state index contributed by atoms with van der Waals surface area (Å²) in [6, 6.07) is 14.0. The van der Waals surface area contributed by atoms with Gasteiger partial charge in [-0.15, -0.1) is 0 Å². The molecule has 0 aliphatic heterocycles. The van der Waals surface area contributed by atoms with Crippen molar-refractivity contribution in [3.63, 3.8) is 0 Å². The third-order valence-electron chi connectivity index (χ3n) is 3.60. The lowest BCUT2D eigenvalue weighted by molar-refractivity contribution is -0.146. The SMILES string of the molecule is CCOC(=O)C(C#N)(c1ccccc1)c1ccc(C(F)(F)F)cc1. The Morgan fingerprint density at radius 3 is 1.96 bits per heavy atom. The summed E-state index contributed by atoms with van der Waals surface area (Å²) in [4.78, 5) is 12.5. The lowest BCUT2D eigenvalue weighted by atomic mass is 9.75. The number of esters is 1. The molecule has 3 nitrogen and oxygen atoms in total. The number of ether oxygens (including phenoxy) is 1. The van der Waals surface area contributed by atoms with Crippen LogP contribution < -0.4 is 0 Å². The summed E-state index contributed by atoms with van der Waals surface area (Å²) in [6.45, 7) is 1.65. The molecule has 2 aromatic rings. The van der Waals surface area contributed by atoms with Crippen LogP contribution >= 0.6 is 0 Å². The van der Waals surface area contributed by atoms with Crippen molar-refractivity contribution in [3.05, 3.63) is 71.3 Å². The molecule has 0 aliphatic rings. The van der Waals surface area contributed by atoms with E-state index in [2.05, 4.69) is 0 Å². The predicted octanol–water partition coefficient (Wildman–Crippen LogP) is 4.08. The first-order chi connectivity index (χ1) is 11.4. The molecule has 0 aliphatic carbocycles. The topological polar surface area (TPSA) is 50.1 Å². The molecular weight excluding hydrogens is 319 g/mol. The van der Waals surface area contributed by atoms with Crippen molar-refractivity contribution in [2.45, 2.75) is 18.5 Å². The third-order valence-corrected chi connectivity index (χ3v) is 3.60. The number of carbonyl (C=O) groups is 1. The van der Waals surface area contributed by atoms with Gasteiger partial charge in [-0.25, -0.2) is 4.79 Å². The van der Waals surface area contributed by atoms with Gasteiger partial charge in [0, 0.05) is 0 Å². The molecule has 0 saturated carbocycles. The Bertz CT molecular complexity index is 749. The van der Waals surface area contributed by atoms with Gasteiger partial charge in [-0.05, 0) is 30.2 Å². The first-order valence-corrected chi connectivity index (χ1v) is 7.18. The van der Waals surface area contributed by atoms with Crippen molar-refractivity contribution in [2.24, 2.45) is 0 Å². The van der Waals surface area contributed by atoms with Crippen molar-refractivity contribution in [1.29, 1.82) is 5.26 Å². The summed E-state index contributed by atoms with van der Waals surface area (Å²) in [6.07, 6.45) is -4.50. The van der Waals surface area contributed by atoms with E-state index in [0.29, 0.717) is 5.56 Å². The second-order valence-electron chi connectivity index (χ2n) is 5.02. The number of hydrogen-bond donors (Lipinski definition) is 0. The second-order valence-corrected chi connectivity index (χ2v) is 5.02. The Labute approximate surface area is 137 Å². The molecule has 0 fully saturated rings. The van der Waals surface area contributed by atoms with Gasteiger partial charge in [0.2, 0.25) is 5.41 Å². The Hall–Kier alpha value is -2.81. The zero-order valence-corrected chi connectivity index (χ0v) is 12.8. The summed E-state index contributed by atoms with van der Waals surface area (Å²) in [5, 5.41) is 9.74. The van der Waals surface area contributed by atoms with Gasteiger partial charge in [0.15, 0.2) is 0 Å². The Morgan fingerprint density at radius 2 is 1.50 bits per heavy atom. The number of carbonyl (C=O) groups excluding carboxylic acids is 1. The zero-order chi connectivity index (χ0) is 17.8. The molecule has 2 aromatic carbocycles. The van der Waals surface area contributed by atoms with E-state index in [4.69, 9.17) is 4.74 Å². The van der Waals surface area contributed by atoms with E-state index in [1.165, 1.54) is 0 Å². The smallest absolute Gasteiger partial charge is 0.416 e. The molecule has 0 aromatic heterocycles. The van der Waals surface area contributed by atoms with Crippen molar-refractivity contribution in [3.8, 4) is 6.07 Å². The summed E-state index contributed by atoms with van der Waals surface area (Å²) < 4.78 is 43.3. The van der Waals surface area contributed by atoms with Gasteiger partial charge in [-0.1, -0.05) is 42.5 Å². The monoisotopic (exact) mass is 333 g/mol. The average molecular weight is 333 g/mol. The van der Waals surface area contributed by atoms with Crippen molar-refractivity contribution >= 4 is 5.97 Å². The largest absolute Gasteiger partial charge is 0.464 e. The molecule has 0 radical (unpaired) electrons. The molecule has 1 unspecified atom stereocenters. The number of halogens is 3. The van der Waals surface area contributed by atoms with Crippen molar-refractivity contribution in [1.82, 2.24) is 0 Å². The Balaban J connectivity index is 2.63. The maximum Gasteiger partial charge on any atom is 0.416 e. The normalized spacial score (nSPS) is 13.6. The van der Waals surface area contributed by atoms with Gasteiger partial charge in [-0.3, -0.25) is 0 Å². The van der Waals surface area contributed by atoms with Crippen molar-refractivity contribution < 1.29 is 22.7 Å². The van der Waals surface area contributed by atoms with Gasteiger partial charge < -0.3 is 4.74 Å². The summed E-state index contributed by atoms with van der Waals surface area (Å²) in [5.41, 5.74) is -2.20. The molecule has 2 rings (SSSR count). The number of hydrogen-bond acceptors (Lipinski definition) is 3. The molecule has 24 heavy (non-hydrogen) atoms. The van der Waals surface area contributed by atoms with E-state index in [9.17, 15) is 23.2 Å². The van der Waals surface area contributed by atoms with Crippen LogP contribution in [0.3, 0.4) is 0 Å². The highest BCUT2D eigenvalue weighted by atomic mass is 19.4. The third kappa shape index (κ3) is 3.11. The number of nitriles is 1. The van der Waals surface area contributed by atoms with E-state index in [1.807, 2.05) is 6.07 Å². The summed E-state index contributed by atoms with van der Waals surface area (Å²) in [7, 11) is 0. The number of rotatable bonds is 4. The first kappa shape index (κ1) is 17.5. The minimum absolute atomic E-state index is 0.0513. The number of alkyl halides is 3. The number of benzene rings is 2. The quantitative estimate of drug-likeness (QED) is 0.792. The van der Waals surface area contributed by atoms with Crippen LogP contribution in [0.4, 0.5) is 13.2 Å². The van der Waals surface area contributed by atoms with E-state index in [0.717, 1.165) is 24.3 Å². The molecular formula is C18H14F3NO2. The van der Waals surface area contributed by atoms with Crippen LogP contribution in [0, 0.1) is 11.3 Å². The van der Waals surface area contributed by atoms with Crippen LogP contribution in [0.1, 0.15) is 23.6 Å². The van der Waals surface area contributed by atoms with Crippen molar-refractivity contribution in [2.75, 3.05) is 6.61 Å². The average Bonchev–Trinajstić information content (AvgIpc) is 2.57. The fourth-order valence-electron chi connectivity index (χ4n) is 2.41. The van der Waals surface area contributed by atoms with Crippen LogP contribution in [0.5, 0.6) is 0 Å². The minimum Gasteiger partial charge on any atom is -0.464 e. The Kier molecular flexibility index (Phi) is 4.93. The summed E-state index contributed by atoms with van der Waals surface area (Å²) in [5.74, 6) is -0.821. The van der Waals surface area contributed by atoms with E-state index < -0.39 is 23.1 Å². The van der Waals surface area contributed by atoms with Crippen LogP contribution in [0.15, 0.2) is 54.6 Å².